The van der Waals surface area contributed by atoms with Crippen LogP contribution in [0.25, 0.3) is 11.4 Å². The van der Waals surface area contributed by atoms with Crippen molar-refractivity contribution in [3.8, 4) is 11.4 Å². The Bertz CT molecular complexity index is 863. The second-order valence-electron chi connectivity index (χ2n) is 5.90. The van der Waals surface area contributed by atoms with E-state index in [0.717, 1.165) is 16.9 Å². The average molecular weight is 352 g/mol. The van der Waals surface area contributed by atoms with Crippen LogP contribution in [0.1, 0.15) is 17.9 Å². The van der Waals surface area contributed by atoms with Gasteiger partial charge in [-0.1, -0.05) is 11.2 Å². The molecule has 1 amide bonds. The summed E-state index contributed by atoms with van der Waals surface area (Å²) >= 11 is 0. The molecule has 0 radical (unpaired) electrons. The first-order chi connectivity index (χ1) is 12.6. The van der Waals surface area contributed by atoms with Crippen LogP contribution in [0.3, 0.4) is 0 Å². The van der Waals surface area contributed by atoms with Crippen LogP contribution in [-0.2, 0) is 17.8 Å². The third-order valence-electron chi connectivity index (χ3n) is 3.74. The number of carbonyl (C=O) groups is 1. The van der Waals surface area contributed by atoms with Gasteiger partial charge in [-0.15, -0.1) is 0 Å². The molecule has 134 valence electrons. The van der Waals surface area contributed by atoms with Crippen LogP contribution < -0.4 is 10.2 Å². The maximum Gasteiger partial charge on any atom is 0.227 e. The number of hydrogen-bond acceptors (Lipinski definition) is 7. The van der Waals surface area contributed by atoms with Gasteiger partial charge >= 0.3 is 0 Å². The molecule has 0 unspecified atom stereocenters. The first kappa shape index (κ1) is 17.5. The summed E-state index contributed by atoms with van der Waals surface area (Å²) in [4.78, 5) is 26.6. The summed E-state index contributed by atoms with van der Waals surface area (Å²) in [6, 6.07) is 7.41. The van der Waals surface area contributed by atoms with Crippen molar-refractivity contribution in [2.75, 3.05) is 19.0 Å². The number of carbonyl (C=O) groups excluding carboxylic acids is 1. The second-order valence-corrected chi connectivity index (χ2v) is 5.90. The van der Waals surface area contributed by atoms with Crippen molar-refractivity contribution in [1.29, 1.82) is 0 Å². The molecule has 3 rings (SSSR count). The number of hydrogen-bond donors (Lipinski definition) is 1. The first-order valence-electron chi connectivity index (χ1n) is 8.24. The van der Waals surface area contributed by atoms with Crippen LogP contribution in [0.2, 0.25) is 0 Å². The predicted octanol–water partition coefficient (Wildman–Crippen LogP) is 1.84. The van der Waals surface area contributed by atoms with E-state index in [9.17, 15) is 4.79 Å². The highest BCUT2D eigenvalue weighted by Gasteiger charge is 2.11. The molecule has 0 aliphatic carbocycles. The lowest BCUT2D eigenvalue weighted by Gasteiger charge is -2.16. The molecular weight excluding hydrogens is 332 g/mol. The van der Waals surface area contributed by atoms with Crippen molar-refractivity contribution in [3.63, 3.8) is 0 Å². The van der Waals surface area contributed by atoms with E-state index in [1.165, 1.54) is 0 Å². The molecule has 0 bridgehead atoms. The second kappa shape index (κ2) is 8.19. The highest BCUT2D eigenvalue weighted by atomic mass is 16.5. The Morgan fingerprint density at radius 1 is 1.19 bits per heavy atom. The summed E-state index contributed by atoms with van der Waals surface area (Å²) in [7, 11) is 3.84. The van der Waals surface area contributed by atoms with Gasteiger partial charge in [0.2, 0.25) is 17.6 Å². The summed E-state index contributed by atoms with van der Waals surface area (Å²) in [5.41, 5.74) is 1.79. The third-order valence-corrected chi connectivity index (χ3v) is 3.74. The van der Waals surface area contributed by atoms with Gasteiger partial charge in [-0.25, -0.2) is 4.98 Å². The van der Waals surface area contributed by atoms with E-state index in [-0.39, 0.29) is 12.3 Å². The molecule has 3 aromatic rings. The van der Waals surface area contributed by atoms with Crippen molar-refractivity contribution in [2.24, 2.45) is 0 Å². The lowest BCUT2D eigenvalue weighted by molar-refractivity contribution is -0.121. The fourth-order valence-corrected chi connectivity index (χ4v) is 2.45. The SMILES string of the molecule is CN(C)c1ncccc1CNC(=O)CCc1nc(-c2ccncc2)no1. The van der Waals surface area contributed by atoms with Gasteiger partial charge in [0.1, 0.15) is 5.82 Å². The van der Waals surface area contributed by atoms with Crippen LogP contribution in [0.5, 0.6) is 0 Å². The molecule has 26 heavy (non-hydrogen) atoms. The van der Waals surface area contributed by atoms with Gasteiger partial charge in [0.15, 0.2) is 0 Å². The zero-order valence-electron chi connectivity index (χ0n) is 14.7. The minimum atomic E-state index is -0.0813. The molecule has 0 atom stereocenters. The fraction of sp³-hybridized carbons (Fsp3) is 0.278. The number of nitrogens with zero attached hydrogens (tertiary/aromatic N) is 5. The zero-order valence-corrected chi connectivity index (χ0v) is 14.7. The van der Waals surface area contributed by atoms with Crippen molar-refractivity contribution in [2.45, 2.75) is 19.4 Å². The Morgan fingerprint density at radius 2 is 2.00 bits per heavy atom. The van der Waals surface area contributed by atoms with Gasteiger partial charge < -0.3 is 14.7 Å². The molecular formula is C18H20N6O2. The van der Waals surface area contributed by atoms with Crippen LogP contribution in [0, 0.1) is 0 Å². The Kier molecular flexibility index (Phi) is 5.52. The monoisotopic (exact) mass is 352 g/mol. The van der Waals surface area contributed by atoms with E-state index in [2.05, 4.69) is 25.4 Å². The zero-order chi connectivity index (χ0) is 18.4. The van der Waals surface area contributed by atoms with Gasteiger partial charge in [-0.3, -0.25) is 9.78 Å². The number of amides is 1. The minimum Gasteiger partial charge on any atom is -0.362 e. The van der Waals surface area contributed by atoms with Crippen molar-refractivity contribution in [1.82, 2.24) is 25.4 Å². The van der Waals surface area contributed by atoms with E-state index >= 15 is 0 Å². The van der Waals surface area contributed by atoms with Crippen LogP contribution in [-0.4, -0.2) is 40.1 Å². The number of rotatable bonds is 7. The van der Waals surface area contributed by atoms with E-state index in [1.807, 2.05) is 31.1 Å². The summed E-state index contributed by atoms with van der Waals surface area (Å²) < 4.78 is 5.20. The van der Waals surface area contributed by atoms with Crippen molar-refractivity contribution < 1.29 is 9.32 Å². The molecule has 3 heterocycles. The Labute approximate surface area is 151 Å². The Hall–Kier alpha value is -3.29. The van der Waals surface area contributed by atoms with E-state index in [4.69, 9.17) is 4.52 Å². The topological polar surface area (TPSA) is 97.0 Å². The van der Waals surface area contributed by atoms with Crippen molar-refractivity contribution >= 4 is 11.7 Å². The standard InChI is InChI=1S/C18H20N6O2/c1-24(2)18-14(4-3-9-20-18)12-21-15(25)5-6-16-22-17(23-26-16)13-7-10-19-11-8-13/h3-4,7-11H,5-6,12H2,1-2H3,(H,21,25). The lowest BCUT2D eigenvalue weighted by atomic mass is 10.2. The molecule has 0 fully saturated rings. The Balaban J connectivity index is 1.51. The molecule has 0 aliphatic heterocycles. The smallest absolute Gasteiger partial charge is 0.227 e. The molecule has 3 aromatic heterocycles. The molecule has 0 aliphatic rings. The summed E-state index contributed by atoms with van der Waals surface area (Å²) in [6.07, 6.45) is 5.72. The van der Waals surface area contributed by atoms with Crippen LogP contribution >= 0.6 is 0 Å². The quantitative estimate of drug-likeness (QED) is 0.693. The summed E-state index contributed by atoms with van der Waals surface area (Å²) in [6.45, 7) is 0.423. The van der Waals surface area contributed by atoms with Gasteiger partial charge in [-0.05, 0) is 18.2 Å². The number of nitrogens with one attached hydrogen (secondary N) is 1. The highest BCUT2D eigenvalue weighted by molar-refractivity contribution is 5.76. The van der Waals surface area contributed by atoms with Gasteiger partial charge in [0.25, 0.3) is 0 Å². The number of aromatic nitrogens is 4. The van der Waals surface area contributed by atoms with Gasteiger partial charge in [0, 0.05) is 63.2 Å². The van der Waals surface area contributed by atoms with Gasteiger partial charge in [0.05, 0.1) is 0 Å². The van der Waals surface area contributed by atoms with Crippen molar-refractivity contribution in [3.05, 3.63) is 54.3 Å². The lowest BCUT2D eigenvalue weighted by Crippen LogP contribution is -2.24. The largest absolute Gasteiger partial charge is 0.362 e. The maximum atomic E-state index is 12.1. The van der Waals surface area contributed by atoms with E-state index in [1.54, 1.807) is 30.7 Å². The number of aryl methyl sites for hydroxylation is 1. The number of pyridine rings is 2. The van der Waals surface area contributed by atoms with Crippen LogP contribution in [0.4, 0.5) is 5.82 Å². The molecule has 8 heteroatoms. The minimum absolute atomic E-state index is 0.0813. The molecule has 8 nitrogen and oxygen atoms in total. The predicted molar refractivity (Wildman–Crippen MR) is 96.3 cm³/mol. The molecule has 0 aromatic carbocycles. The normalized spacial score (nSPS) is 10.5. The Morgan fingerprint density at radius 3 is 2.77 bits per heavy atom. The molecule has 0 saturated heterocycles. The summed E-state index contributed by atoms with van der Waals surface area (Å²) in [5.74, 6) is 1.69. The summed E-state index contributed by atoms with van der Waals surface area (Å²) in [5, 5.41) is 6.83. The van der Waals surface area contributed by atoms with E-state index in [0.29, 0.717) is 24.7 Å². The molecule has 0 saturated carbocycles. The van der Waals surface area contributed by atoms with Crippen LogP contribution in [0.15, 0.2) is 47.4 Å². The first-order valence-corrected chi connectivity index (χ1v) is 8.24. The average Bonchev–Trinajstić information content (AvgIpc) is 3.14. The highest BCUT2D eigenvalue weighted by Crippen LogP contribution is 2.15. The third kappa shape index (κ3) is 4.41. The molecule has 1 N–H and O–H groups in total. The maximum absolute atomic E-state index is 12.1. The number of anilines is 1. The van der Waals surface area contributed by atoms with E-state index < -0.39 is 0 Å². The molecule has 0 spiro atoms. The fourth-order valence-electron chi connectivity index (χ4n) is 2.45. The van der Waals surface area contributed by atoms with Gasteiger partial charge in [-0.2, -0.15) is 4.98 Å².